The van der Waals surface area contributed by atoms with Crippen LogP contribution >= 0.6 is 0 Å². The van der Waals surface area contributed by atoms with Crippen molar-refractivity contribution in [1.29, 1.82) is 0 Å². The summed E-state index contributed by atoms with van der Waals surface area (Å²) in [6.45, 7) is 6.59. The van der Waals surface area contributed by atoms with E-state index in [-0.39, 0.29) is 0 Å². The van der Waals surface area contributed by atoms with Crippen LogP contribution in [0.25, 0.3) is 10.9 Å². The van der Waals surface area contributed by atoms with Crippen molar-refractivity contribution in [2.75, 3.05) is 13.2 Å². The third kappa shape index (κ3) is 3.25. The van der Waals surface area contributed by atoms with Gasteiger partial charge in [-0.2, -0.15) is 0 Å². The number of benzene rings is 1. The van der Waals surface area contributed by atoms with Crippen molar-refractivity contribution in [1.82, 2.24) is 9.88 Å². The molecular formula is C18H24N2O. The molecule has 3 heteroatoms. The standard InChI is InChI=1S/C18H24N2O/c1-13-3-7-17-9-15(6-8-18(17)19-13)10-20-11-16(12-21)5-4-14(20)2/h3,6-9,14,16,21H,4-5,10-12H2,1-2H3/t14-,16+/m0/s1. The fourth-order valence-electron chi connectivity index (χ4n) is 3.24. The van der Waals surface area contributed by atoms with Gasteiger partial charge in [-0.05, 0) is 56.4 Å². The Hall–Kier alpha value is -1.45. The van der Waals surface area contributed by atoms with Crippen LogP contribution in [0.4, 0.5) is 0 Å². The zero-order valence-electron chi connectivity index (χ0n) is 12.9. The maximum atomic E-state index is 9.39. The van der Waals surface area contributed by atoms with Gasteiger partial charge in [0.25, 0.3) is 0 Å². The number of aryl methyl sites for hydroxylation is 1. The molecule has 3 nitrogen and oxygen atoms in total. The summed E-state index contributed by atoms with van der Waals surface area (Å²) in [6, 6.07) is 11.4. The Morgan fingerprint density at radius 1 is 1.24 bits per heavy atom. The van der Waals surface area contributed by atoms with Gasteiger partial charge >= 0.3 is 0 Å². The average Bonchev–Trinajstić information content (AvgIpc) is 2.49. The van der Waals surface area contributed by atoms with E-state index >= 15 is 0 Å². The topological polar surface area (TPSA) is 36.4 Å². The van der Waals surface area contributed by atoms with Gasteiger partial charge in [-0.1, -0.05) is 12.1 Å². The number of aromatic nitrogens is 1. The molecule has 0 aliphatic carbocycles. The number of aliphatic hydroxyl groups is 1. The summed E-state index contributed by atoms with van der Waals surface area (Å²) < 4.78 is 0. The summed E-state index contributed by atoms with van der Waals surface area (Å²) in [5.41, 5.74) is 3.46. The summed E-state index contributed by atoms with van der Waals surface area (Å²) in [6.07, 6.45) is 2.33. The fraction of sp³-hybridized carbons (Fsp3) is 0.500. The summed E-state index contributed by atoms with van der Waals surface area (Å²) in [5.74, 6) is 0.436. The molecule has 0 radical (unpaired) electrons. The van der Waals surface area contributed by atoms with Gasteiger partial charge in [0.15, 0.2) is 0 Å². The lowest BCUT2D eigenvalue weighted by atomic mass is 9.93. The number of fused-ring (bicyclic) bond motifs is 1. The highest BCUT2D eigenvalue weighted by atomic mass is 16.3. The molecule has 1 saturated heterocycles. The second-order valence-electron chi connectivity index (χ2n) is 6.38. The van der Waals surface area contributed by atoms with E-state index in [0.29, 0.717) is 18.6 Å². The van der Waals surface area contributed by atoms with Crippen LogP contribution in [0.2, 0.25) is 0 Å². The molecule has 21 heavy (non-hydrogen) atoms. The van der Waals surface area contributed by atoms with Gasteiger partial charge in [0, 0.05) is 36.8 Å². The summed E-state index contributed by atoms with van der Waals surface area (Å²) in [7, 11) is 0. The molecule has 0 unspecified atom stereocenters. The van der Waals surface area contributed by atoms with Gasteiger partial charge in [0.1, 0.15) is 0 Å². The smallest absolute Gasteiger partial charge is 0.0705 e. The first kappa shape index (κ1) is 14.5. The van der Waals surface area contributed by atoms with E-state index in [2.05, 4.69) is 47.1 Å². The van der Waals surface area contributed by atoms with Crippen LogP contribution < -0.4 is 0 Å². The predicted molar refractivity (Wildman–Crippen MR) is 86.2 cm³/mol. The molecule has 2 heterocycles. The van der Waals surface area contributed by atoms with Gasteiger partial charge < -0.3 is 5.11 Å². The van der Waals surface area contributed by atoms with E-state index in [1.807, 2.05) is 6.92 Å². The monoisotopic (exact) mass is 284 g/mol. The molecule has 2 atom stereocenters. The molecular weight excluding hydrogens is 260 g/mol. The minimum Gasteiger partial charge on any atom is -0.396 e. The van der Waals surface area contributed by atoms with Crippen molar-refractivity contribution in [3.05, 3.63) is 41.6 Å². The van der Waals surface area contributed by atoms with Gasteiger partial charge in [-0.15, -0.1) is 0 Å². The summed E-state index contributed by atoms with van der Waals surface area (Å²) >= 11 is 0. The molecule has 1 N–H and O–H groups in total. The normalized spacial score (nSPS) is 23.6. The first-order chi connectivity index (χ1) is 10.2. The zero-order chi connectivity index (χ0) is 14.8. The van der Waals surface area contributed by atoms with Gasteiger partial charge in [-0.25, -0.2) is 0 Å². The lowest BCUT2D eigenvalue weighted by Gasteiger charge is -2.37. The van der Waals surface area contributed by atoms with E-state index in [1.165, 1.54) is 17.4 Å². The molecule has 3 rings (SSSR count). The number of piperidine rings is 1. The summed E-state index contributed by atoms with van der Waals surface area (Å²) in [4.78, 5) is 7.05. The molecule has 1 fully saturated rings. The van der Waals surface area contributed by atoms with Crippen LogP contribution in [0.1, 0.15) is 31.0 Å². The highest BCUT2D eigenvalue weighted by Gasteiger charge is 2.24. The van der Waals surface area contributed by atoms with Crippen LogP contribution in [-0.4, -0.2) is 34.2 Å². The number of nitrogens with zero attached hydrogens (tertiary/aromatic N) is 2. The number of rotatable bonds is 3. The minimum absolute atomic E-state index is 0.310. The van der Waals surface area contributed by atoms with E-state index in [9.17, 15) is 5.11 Å². The Kier molecular flexibility index (Phi) is 4.22. The first-order valence-corrected chi connectivity index (χ1v) is 7.87. The third-order valence-electron chi connectivity index (χ3n) is 4.65. The molecule has 0 amide bonds. The molecule has 1 aromatic carbocycles. The molecule has 0 spiro atoms. The second-order valence-corrected chi connectivity index (χ2v) is 6.38. The van der Waals surface area contributed by atoms with E-state index in [1.54, 1.807) is 0 Å². The maximum absolute atomic E-state index is 9.39. The average molecular weight is 284 g/mol. The van der Waals surface area contributed by atoms with Crippen molar-refractivity contribution < 1.29 is 5.11 Å². The highest BCUT2D eigenvalue weighted by molar-refractivity contribution is 5.79. The van der Waals surface area contributed by atoms with Crippen LogP contribution in [0.5, 0.6) is 0 Å². The molecule has 112 valence electrons. The van der Waals surface area contributed by atoms with Crippen LogP contribution in [-0.2, 0) is 6.54 Å². The summed E-state index contributed by atoms with van der Waals surface area (Å²) in [5, 5.41) is 10.6. The Morgan fingerprint density at radius 3 is 2.90 bits per heavy atom. The van der Waals surface area contributed by atoms with E-state index in [0.717, 1.165) is 30.7 Å². The predicted octanol–water partition coefficient (Wildman–Crippen LogP) is 3.14. The van der Waals surface area contributed by atoms with E-state index in [4.69, 9.17) is 0 Å². The first-order valence-electron chi connectivity index (χ1n) is 7.87. The molecule has 1 aliphatic heterocycles. The maximum Gasteiger partial charge on any atom is 0.0705 e. The van der Waals surface area contributed by atoms with Gasteiger partial charge in [-0.3, -0.25) is 9.88 Å². The molecule has 0 saturated carbocycles. The third-order valence-corrected chi connectivity index (χ3v) is 4.65. The Morgan fingerprint density at radius 2 is 2.10 bits per heavy atom. The van der Waals surface area contributed by atoms with Crippen molar-refractivity contribution in [2.45, 2.75) is 39.3 Å². The highest BCUT2D eigenvalue weighted by Crippen LogP contribution is 2.24. The SMILES string of the molecule is Cc1ccc2cc(CN3C[C@H](CO)CC[C@@H]3C)ccc2n1. The van der Waals surface area contributed by atoms with Crippen molar-refractivity contribution in [3.63, 3.8) is 0 Å². The van der Waals surface area contributed by atoms with Crippen LogP contribution in [0.3, 0.4) is 0 Å². The zero-order valence-corrected chi connectivity index (χ0v) is 12.9. The lowest BCUT2D eigenvalue weighted by Crippen LogP contribution is -2.42. The van der Waals surface area contributed by atoms with Crippen molar-refractivity contribution in [2.24, 2.45) is 5.92 Å². The number of hydrogen-bond donors (Lipinski definition) is 1. The molecule has 0 bridgehead atoms. The van der Waals surface area contributed by atoms with Crippen molar-refractivity contribution >= 4 is 10.9 Å². The quantitative estimate of drug-likeness (QED) is 0.940. The fourth-order valence-corrected chi connectivity index (χ4v) is 3.24. The number of aliphatic hydroxyl groups excluding tert-OH is 1. The second kappa shape index (κ2) is 6.12. The van der Waals surface area contributed by atoms with E-state index < -0.39 is 0 Å². The number of pyridine rings is 1. The Balaban J connectivity index is 1.79. The van der Waals surface area contributed by atoms with Crippen LogP contribution in [0, 0.1) is 12.8 Å². The molecule has 1 aromatic heterocycles. The van der Waals surface area contributed by atoms with Gasteiger partial charge in [0.05, 0.1) is 5.52 Å². The van der Waals surface area contributed by atoms with Crippen LogP contribution in [0.15, 0.2) is 30.3 Å². The Labute approximate surface area is 126 Å². The number of likely N-dealkylation sites (tertiary alicyclic amines) is 1. The lowest BCUT2D eigenvalue weighted by molar-refractivity contribution is 0.0772. The molecule has 1 aliphatic rings. The largest absolute Gasteiger partial charge is 0.396 e. The Bertz CT molecular complexity index is 626. The molecule has 2 aromatic rings. The van der Waals surface area contributed by atoms with Crippen molar-refractivity contribution in [3.8, 4) is 0 Å². The van der Waals surface area contributed by atoms with Gasteiger partial charge in [0.2, 0.25) is 0 Å². The number of hydrogen-bond acceptors (Lipinski definition) is 3. The minimum atomic E-state index is 0.310.